The van der Waals surface area contributed by atoms with Crippen LogP contribution < -0.4 is 0 Å². The number of rotatable bonds is 2. The fraction of sp³-hybridized carbons (Fsp3) is 0.895. The van der Waals surface area contributed by atoms with Gasteiger partial charge in [-0.3, -0.25) is 0 Å². The largest absolute Gasteiger partial charge is 0.244 e. The third-order valence-corrected chi connectivity index (χ3v) is 7.97. The number of halogens is 2. The Balaban J connectivity index is 1.63. The first kappa shape index (κ1) is 18.3. The highest BCUT2D eigenvalue weighted by molar-refractivity contribution is 7.22. The minimum atomic E-state index is -1.29. The molecule has 3 aliphatic carbocycles. The second-order valence-electron chi connectivity index (χ2n) is 8.37. The zero-order chi connectivity index (χ0) is 16.6. The fourth-order valence-corrected chi connectivity index (χ4v) is 6.40. The zero-order valence-corrected chi connectivity index (χ0v) is 16.6. The molecule has 7 unspecified atom stereocenters. The van der Waals surface area contributed by atoms with Crippen LogP contribution in [0.2, 0.25) is 0 Å². The van der Waals surface area contributed by atoms with E-state index in [-0.39, 0.29) is 11.6 Å². The summed E-state index contributed by atoms with van der Waals surface area (Å²) < 4.78 is 27.7. The van der Waals surface area contributed by atoms with Crippen LogP contribution in [0, 0.1) is 23.7 Å². The lowest BCUT2D eigenvalue weighted by Crippen LogP contribution is -2.37. The van der Waals surface area contributed by atoms with E-state index in [2.05, 4.69) is 25.4 Å². The van der Waals surface area contributed by atoms with E-state index in [1.807, 2.05) is 0 Å². The van der Waals surface area contributed by atoms with Gasteiger partial charge in [0.25, 0.3) is 0 Å². The Morgan fingerprint density at radius 1 is 0.957 bits per heavy atom. The minimum Gasteiger partial charge on any atom is -0.244 e. The molecule has 0 N–H and O–H groups in total. The summed E-state index contributed by atoms with van der Waals surface area (Å²) in [5, 5.41) is 1.42. The van der Waals surface area contributed by atoms with Gasteiger partial charge in [0.05, 0.1) is 0 Å². The highest BCUT2D eigenvalue weighted by Crippen LogP contribution is 2.47. The van der Waals surface area contributed by atoms with Crippen molar-refractivity contribution < 1.29 is 8.78 Å². The summed E-state index contributed by atoms with van der Waals surface area (Å²) in [4.78, 5) is 0. The van der Waals surface area contributed by atoms with Gasteiger partial charge in [0, 0.05) is 5.66 Å². The summed E-state index contributed by atoms with van der Waals surface area (Å²) in [6, 6.07) is 0. The van der Waals surface area contributed by atoms with E-state index in [9.17, 15) is 8.78 Å². The van der Waals surface area contributed by atoms with Crippen molar-refractivity contribution in [2.24, 2.45) is 23.7 Å². The highest BCUT2D eigenvalue weighted by Gasteiger charge is 2.39. The quantitative estimate of drug-likeness (QED) is 0.524. The molecule has 23 heavy (non-hydrogen) atoms. The second kappa shape index (κ2) is 7.78. The Morgan fingerprint density at radius 3 is 2.26 bits per heavy atom. The molecule has 2 saturated carbocycles. The van der Waals surface area contributed by atoms with Gasteiger partial charge in [-0.25, -0.2) is 8.78 Å². The fourth-order valence-electron chi connectivity index (χ4n) is 5.15. The van der Waals surface area contributed by atoms with Gasteiger partial charge in [-0.1, -0.05) is 30.7 Å². The van der Waals surface area contributed by atoms with Gasteiger partial charge in [0.1, 0.15) is 12.3 Å². The molecule has 0 nitrogen and oxygen atoms in total. The van der Waals surface area contributed by atoms with E-state index in [0.29, 0.717) is 6.42 Å². The summed E-state index contributed by atoms with van der Waals surface area (Å²) in [5.74, 6) is 2.89. The van der Waals surface area contributed by atoms with Crippen molar-refractivity contribution in [3.05, 3.63) is 10.9 Å². The Labute approximate surface area is 145 Å². The average molecular weight is 360 g/mol. The Hall–Kier alpha value is 0.460. The summed E-state index contributed by atoms with van der Waals surface area (Å²) in [6.45, 7) is 2.38. The minimum absolute atomic E-state index is 0.216. The molecule has 0 aromatic heterocycles. The van der Waals surface area contributed by atoms with Crippen molar-refractivity contribution in [2.45, 2.75) is 82.7 Å². The van der Waals surface area contributed by atoms with Crippen LogP contribution in [0.4, 0.5) is 8.78 Å². The van der Waals surface area contributed by atoms with Crippen LogP contribution in [0.1, 0.15) is 64.7 Å². The van der Waals surface area contributed by atoms with E-state index in [4.69, 9.17) is 0 Å². The van der Waals surface area contributed by atoms with Crippen molar-refractivity contribution in [3.8, 4) is 0 Å². The molecule has 132 valence electrons. The Morgan fingerprint density at radius 2 is 1.65 bits per heavy atom. The lowest BCUT2D eigenvalue weighted by atomic mass is 9.69. The molecule has 0 aromatic rings. The zero-order valence-electron chi connectivity index (χ0n) is 14.3. The van der Waals surface area contributed by atoms with Gasteiger partial charge in [-0.15, -0.1) is 18.5 Å². The predicted molar refractivity (Wildman–Crippen MR) is 101 cm³/mol. The predicted octanol–water partition coefficient (Wildman–Crippen LogP) is 6.07. The molecule has 2 fully saturated rings. The maximum atomic E-state index is 13.9. The van der Waals surface area contributed by atoms with E-state index in [1.54, 1.807) is 0 Å². The van der Waals surface area contributed by atoms with Gasteiger partial charge in [0.15, 0.2) is 0 Å². The summed E-state index contributed by atoms with van der Waals surface area (Å²) in [7, 11) is 5.49. The summed E-state index contributed by atoms with van der Waals surface area (Å²) in [6.07, 6.45) is 7.75. The van der Waals surface area contributed by atoms with E-state index >= 15 is 0 Å². The number of hydrogen-bond acceptors (Lipinski definition) is 0. The van der Waals surface area contributed by atoms with Crippen LogP contribution in [0.3, 0.4) is 0 Å². The van der Waals surface area contributed by atoms with Crippen molar-refractivity contribution >= 4 is 18.5 Å². The van der Waals surface area contributed by atoms with Gasteiger partial charge >= 0.3 is 0 Å². The molecule has 3 rings (SSSR count). The molecule has 0 heterocycles. The van der Waals surface area contributed by atoms with Crippen LogP contribution in [0.15, 0.2) is 10.9 Å². The van der Waals surface area contributed by atoms with Crippen molar-refractivity contribution in [1.29, 1.82) is 0 Å². The van der Waals surface area contributed by atoms with Crippen molar-refractivity contribution in [1.82, 2.24) is 0 Å². The normalized spacial score (nSPS) is 46.0. The van der Waals surface area contributed by atoms with Crippen LogP contribution in [-0.4, -0.2) is 18.0 Å². The lowest BCUT2D eigenvalue weighted by molar-refractivity contribution is 0.102. The van der Waals surface area contributed by atoms with E-state index in [1.165, 1.54) is 49.4 Å². The lowest BCUT2D eigenvalue weighted by Gasteiger charge is -2.40. The number of alkyl halides is 2. The van der Waals surface area contributed by atoms with Crippen LogP contribution >= 0.6 is 18.5 Å². The first-order valence-electron chi connectivity index (χ1n) is 9.46. The van der Waals surface area contributed by atoms with Crippen LogP contribution in [0.25, 0.3) is 0 Å². The Bertz CT molecular complexity index is 431. The maximum Gasteiger partial charge on any atom is 0.137 e. The topological polar surface area (TPSA) is 0 Å². The van der Waals surface area contributed by atoms with Crippen molar-refractivity contribution in [3.63, 3.8) is 0 Å². The van der Waals surface area contributed by atoms with Crippen LogP contribution in [-0.2, 0) is 0 Å². The third-order valence-electron chi connectivity index (χ3n) is 6.72. The molecule has 7 atom stereocenters. The monoisotopic (exact) mass is 360 g/mol. The molecule has 0 bridgehead atoms. The molecule has 0 spiro atoms. The molecular weight excluding hydrogens is 328 g/mol. The smallest absolute Gasteiger partial charge is 0.137 e. The third kappa shape index (κ3) is 4.17. The number of hydrogen-bond donors (Lipinski definition) is 0. The van der Waals surface area contributed by atoms with Gasteiger partial charge in [-0.05, 0) is 68.6 Å². The Kier molecular flexibility index (Phi) is 6.18. The highest BCUT2D eigenvalue weighted by atomic mass is 31.0. The van der Waals surface area contributed by atoms with Gasteiger partial charge < -0.3 is 0 Å². The van der Waals surface area contributed by atoms with Crippen LogP contribution in [0.5, 0.6) is 0 Å². The molecule has 0 radical (unpaired) electrons. The molecule has 4 heteroatoms. The van der Waals surface area contributed by atoms with E-state index in [0.717, 1.165) is 30.6 Å². The molecule has 0 aliphatic heterocycles. The first-order chi connectivity index (χ1) is 11.0. The SMILES string of the molecule is CC1CCC(C2CCC(C3CC(F)C(F)C(P)C3)=C(P)C2)CC1. The van der Waals surface area contributed by atoms with Gasteiger partial charge in [0.2, 0.25) is 0 Å². The first-order valence-corrected chi connectivity index (χ1v) is 10.7. The van der Waals surface area contributed by atoms with Crippen molar-refractivity contribution in [2.75, 3.05) is 0 Å². The van der Waals surface area contributed by atoms with Gasteiger partial charge in [-0.2, -0.15) is 0 Å². The summed E-state index contributed by atoms with van der Waals surface area (Å²) >= 11 is 0. The maximum absolute atomic E-state index is 13.9. The van der Waals surface area contributed by atoms with E-state index < -0.39 is 12.3 Å². The second-order valence-corrected chi connectivity index (χ2v) is 9.92. The molecule has 0 amide bonds. The molecular formula is C19H32F2P2. The summed E-state index contributed by atoms with van der Waals surface area (Å²) in [5.41, 5.74) is 1.23. The molecule has 3 aliphatic rings. The molecule has 0 saturated heterocycles. The average Bonchev–Trinajstić information content (AvgIpc) is 2.53. The molecule has 0 aromatic carbocycles. The standard InChI is InChI=1S/C19H32F2P2/c1-11-2-4-12(5-3-11)13-6-7-15(17(22)9-13)14-8-16(20)19(21)18(23)10-14/h11-14,16,18-19H,2-10,22-23H2,1H3. The number of allylic oxidation sites excluding steroid dienone is 2.